The third-order valence-electron chi connectivity index (χ3n) is 7.49. The van der Waals surface area contributed by atoms with E-state index in [4.69, 9.17) is 28.2 Å². The maximum atomic E-state index is 13.7. The van der Waals surface area contributed by atoms with Gasteiger partial charge in [0, 0.05) is 13.0 Å². The molecule has 2 unspecified atom stereocenters. The van der Waals surface area contributed by atoms with Crippen LogP contribution in [0.4, 0.5) is 0 Å². The van der Waals surface area contributed by atoms with E-state index in [9.17, 15) is 19.3 Å². The molecule has 3 rings (SSSR count). The molecule has 12 heteroatoms. The van der Waals surface area contributed by atoms with Gasteiger partial charge in [-0.25, -0.2) is 5.09 Å². The summed E-state index contributed by atoms with van der Waals surface area (Å²) in [4.78, 5) is 24.7. The summed E-state index contributed by atoms with van der Waals surface area (Å²) in [6.07, 6.45) is 0.643. The second-order valence-corrected chi connectivity index (χ2v) is 12.5. The lowest BCUT2D eigenvalue weighted by Crippen LogP contribution is -2.52. The Bertz CT molecular complexity index is 1280. The number of esters is 1. The van der Waals surface area contributed by atoms with Crippen molar-refractivity contribution in [1.29, 1.82) is 0 Å². The first-order valence-corrected chi connectivity index (χ1v) is 15.1. The number of benzene rings is 2. The predicted molar refractivity (Wildman–Crippen MR) is 152 cm³/mol. The van der Waals surface area contributed by atoms with Crippen LogP contribution in [0.5, 0.6) is 23.0 Å². The number of methoxy groups -OCH3 is 4. The molecule has 1 aliphatic heterocycles. The normalized spacial score (nSPS) is 19.7. The van der Waals surface area contributed by atoms with Crippen LogP contribution in [0.2, 0.25) is 0 Å². The zero-order valence-electron chi connectivity index (χ0n) is 24.6. The molecule has 0 bridgehead atoms. The van der Waals surface area contributed by atoms with Crippen LogP contribution in [0.1, 0.15) is 31.9 Å². The van der Waals surface area contributed by atoms with Gasteiger partial charge in [-0.05, 0) is 61.1 Å². The summed E-state index contributed by atoms with van der Waals surface area (Å²) in [7, 11) is 2.10. The minimum atomic E-state index is -3.85. The number of carboxylic acids is 1. The van der Waals surface area contributed by atoms with Crippen LogP contribution in [0, 0.1) is 17.8 Å². The maximum absolute atomic E-state index is 13.7. The molecule has 2 aromatic rings. The largest absolute Gasteiger partial charge is 0.493 e. The number of hydrogen-bond donors (Lipinski definition) is 2. The Morgan fingerprint density at radius 2 is 1.56 bits per heavy atom. The molecule has 4 atom stereocenters. The van der Waals surface area contributed by atoms with Gasteiger partial charge in [0.1, 0.15) is 11.9 Å². The SMILES string of the molecule is COCP(=O)(NC(C)(C(=O)O)C(C)C)Oc1ccc(C[C@H]2C(=O)OC[C@@H]2Cc2ccc(OC)c(OC)c2)cc1OC. The molecule has 1 heterocycles. The average Bonchev–Trinajstić information content (AvgIpc) is 3.27. The summed E-state index contributed by atoms with van der Waals surface area (Å²) < 4.78 is 46.4. The smallest absolute Gasteiger partial charge is 0.343 e. The third-order valence-corrected chi connectivity index (χ3v) is 9.38. The molecular formula is C29H40NO10P. The molecule has 0 aromatic heterocycles. The van der Waals surface area contributed by atoms with E-state index in [0.717, 1.165) is 11.1 Å². The molecule has 0 amide bonds. The Kier molecular flexibility index (Phi) is 10.7. The van der Waals surface area contributed by atoms with E-state index < -0.39 is 24.9 Å². The van der Waals surface area contributed by atoms with Crippen LogP contribution in [0.3, 0.4) is 0 Å². The lowest BCUT2D eigenvalue weighted by molar-refractivity contribution is -0.145. The van der Waals surface area contributed by atoms with E-state index >= 15 is 0 Å². The standard InChI is InChI=1S/C29H40NO10P/c1-18(2)29(3,28(32)33)30-41(34,17-35-4)40-24-11-9-20(15-26(24)38-7)13-22-21(16-39-27(22)31)12-19-8-10-23(36-5)25(14-19)37-6/h8-11,14-15,18,21-22H,12-13,16-17H2,1-7H3,(H,30,34)(H,32,33)/t21-,22+,29?,41?/m0/s1. The summed E-state index contributed by atoms with van der Waals surface area (Å²) in [5.41, 5.74) is 0.253. The van der Waals surface area contributed by atoms with Crippen LogP contribution < -0.4 is 23.8 Å². The monoisotopic (exact) mass is 593 g/mol. The maximum Gasteiger partial charge on any atom is 0.343 e. The van der Waals surface area contributed by atoms with Gasteiger partial charge < -0.3 is 33.3 Å². The highest BCUT2D eigenvalue weighted by molar-refractivity contribution is 7.57. The average molecular weight is 594 g/mol. The molecule has 0 aliphatic carbocycles. The first-order chi connectivity index (χ1) is 19.4. The van der Waals surface area contributed by atoms with E-state index in [1.54, 1.807) is 46.3 Å². The second kappa shape index (κ2) is 13.6. The van der Waals surface area contributed by atoms with Crippen molar-refractivity contribution in [2.45, 2.75) is 39.2 Å². The number of cyclic esters (lactones) is 1. The molecule has 0 radical (unpaired) electrons. The van der Waals surface area contributed by atoms with Crippen LogP contribution in [-0.4, -0.2) is 64.0 Å². The van der Waals surface area contributed by atoms with Crippen molar-refractivity contribution in [1.82, 2.24) is 5.09 Å². The number of carbonyl (C=O) groups excluding carboxylic acids is 1. The lowest BCUT2D eigenvalue weighted by atomic mass is 9.85. The number of carboxylic acid groups (broad SMARTS) is 1. The quantitative estimate of drug-likeness (QED) is 0.222. The van der Waals surface area contributed by atoms with Gasteiger partial charge in [-0.2, -0.15) is 0 Å². The zero-order chi connectivity index (χ0) is 30.4. The topological polar surface area (TPSA) is 139 Å². The summed E-state index contributed by atoms with van der Waals surface area (Å²) >= 11 is 0. The minimum absolute atomic E-state index is 0.0571. The predicted octanol–water partition coefficient (Wildman–Crippen LogP) is 4.55. The molecule has 1 saturated heterocycles. The third kappa shape index (κ3) is 7.52. The fraction of sp³-hybridized carbons (Fsp3) is 0.517. The summed E-state index contributed by atoms with van der Waals surface area (Å²) in [6, 6.07) is 10.7. The van der Waals surface area contributed by atoms with Crippen molar-refractivity contribution in [2.75, 3.05) is 41.4 Å². The highest BCUT2D eigenvalue weighted by atomic mass is 31.2. The fourth-order valence-electron chi connectivity index (χ4n) is 4.72. The number of aliphatic carboxylic acids is 1. The van der Waals surface area contributed by atoms with Crippen LogP contribution in [-0.2, 0) is 36.5 Å². The molecular weight excluding hydrogens is 553 g/mol. The molecule has 0 saturated carbocycles. The summed E-state index contributed by atoms with van der Waals surface area (Å²) in [5, 5.41) is 12.5. The van der Waals surface area contributed by atoms with Crippen molar-refractivity contribution in [2.24, 2.45) is 17.8 Å². The van der Waals surface area contributed by atoms with Crippen molar-refractivity contribution in [3.63, 3.8) is 0 Å². The first kappa shape index (κ1) is 32.2. The van der Waals surface area contributed by atoms with Crippen LogP contribution >= 0.6 is 7.52 Å². The van der Waals surface area contributed by atoms with E-state index in [1.165, 1.54) is 21.1 Å². The van der Waals surface area contributed by atoms with Crippen molar-refractivity contribution in [3.8, 4) is 23.0 Å². The Hall–Kier alpha value is -3.27. The van der Waals surface area contributed by atoms with E-state index in [1.807, 2.05) is 18.2 Å². The molecule has 226 valence electrons. The van der Waals surface area contributed by atoms with Gasteiger partial charge in [0.15, 0.2) is 23.0 Å². The van der Waals surface area contributed by atoms with Gasteiger partial charge in [0.05, 0.1) is 33.9 Å². The minimum Gasteiger partial charge on any atom is -0.493 e. The highest BCUT2D eigenvalue weighted by Crippen LogP contribution is 2.49. The number of rotatable bonds is 15. The van der Waals surface area contributed by atoms with Gasteiger partial charge in [-0.1, -0.05) is 26.0 Å². The zero-order valence-corrected chi connectivity index (χ0v) is 25.5. The van der Waals surface area contributed by atoms with Gasteiger partial charge in [-0.3, -0.25) is 14.2 Å². The number of carbonyl (C=O) groups is 2. The Balaban J connectivity index is 1.81. The summed E-state index contributed by atoms with van der Waals surface area (Å²) in [5.74, 6) is -0.613. The Morgan fingerprint density at radius 3 is 2.10 bits per heavy atom. The highest BCUT2D eigenvalue weighted by Gasteiger charge is 2.44. The molecule has 1 fully saturated rings. The number of ether oxygens (including phenoxy) is 5. The molecule has 11 nitrogen and oxygen atoms in total. The van der Waals surface area contributed by atoms with Gasteiger partial charge in [-0.15, -0.1) is 0 Å². The Labute approximate surface area is 240 Å². The van der Waals surface area contributed by atoms with Gasteiger partial charge >= 0.3 is 19.5 Å². The molecule has 2 N–H and O–H groups in total. The van der Waals surface area contributed by atoms with E-state index in [-0.39, 0.29) is 35.7 Å². The Morgan fingerprint density at radius 1 is 1.00 bits per heavy atom. The lowest BCUT2D eigenvalue weighted by Gasteiger charge is -2.34. The van der Waals surface area contributed by atoms with Crippen LogP contribution in [0.15, 0.2) is 36.4 Å². The van der Waals surface area contributed by atoms with E-state index in [2.05, 4.69) is 5.09 Å². The van der Waals surface area contributed by atoms with E-state index in [0.29, 0.717) is 30.9 Å². The van der Waals surface area contributed by atoms with Crippen molar-refractivity contribution in [3.05, 3.63) is 47.5 Å². The van der Waals surface area contributed by atoms with Gasteiger partial charge in [0.25, 0.3) is 0 Å². The number of hydrogen-bond acceptors (Lipinski definition) is 9. The molecule has 1 aliphatic rings. The molecule has 0 spiro atoms. The van der Waals surface area contributed by atoms with Crippen LogP contribution in [0.25, 0.3) is 0 Å². The summed E-state index contributed by atoms with van der Waals surface area (Å²) in [6.45, 7) is 5.17. The number of nitrogens with one attached hydrogen (secondary N) is 1. The first-order valence-electron chi connectivity index (χ1n) is 13.2. The van der Waals surface area contributed by atoms with Gasteiger partial charge in [0.2, 0.25) is 0 Å². The van der Waals surface area contributed by atoms with Crippen molar-refractivity contribution >= 4 is 19.5 Å². The van der Waals surface area contributed by atoms with Crippen molar-refractivity contribution < 1.29 is 47.5 Å². The molecule has 2 aromatic carbocycles. The fourth-order valence-corrected chi connectivity index (χ4v) is 6.76. The second-order valence-electron chi connectivity index (χ2n) is 10.5. The molecule has 41 heavy (non-hydrogen) atoms.